The first-order valence-corrected chi connectivity index (χ1v) is 4.58. The van der Waals surface area contributed by atoms with Gasteiger partial charge >= 0.3 is 0 Å². The fraction of sp³-hybridized carbons (Fsp3) is 0.273. The van der Waals surface area contributed by atoms with E-state index in [1.807, 2.05) is 32.0 Å². The fourth-order valence-corrected chi connectivity index (χ4v) is 1.12. The molecule has 0 unspecified atom stereocenters. The molecule has 0 aliphatic carbocycles. The lowest BCUT2D eigenvalue weighted by molar-refractivity contribution is -0.117. The molecule has 3 heteroatoms. The second-order valence-electron chi connectivity index (χ2n) is 2.98. The van der Waals surface area contributed by atoms with Gasteiger partial charge in [0.1, 0.15) is 0 Å². The summed E-state index contributed by atoms with van der Waals surface area (Å²) in [6.45, 7) is 3.72. The van der Waals surface area contributed by atoms with Gasteiger partial charge in [-0.1, -0.05) is 12.1 Å². The zero-order valence-corrected chi connectivity index (χ0v) is 8.40. The summed E-state index contributed by atoms with van der Waals surface area (Å²) in [5.74, 6) is -0.0920. The maximum absolute atomic E-state index is 11.2. The number of rotatable bonds is 3. The van der Waals surface area contributed by atoms with E-state index in [1.54, 1.807) is 12.3 Å². The van der Waals surface area contributed by atoms with Gasteiger partial charge in [0, 0.05) is 6.20 Å². The maximum atomic E-state index is 11.2. The van der Waals surface area contributed by atoms with Crippen molar-refractivity contribution in [3.05, 3.63) is 42.2 Å². The predicted molar refractivity (Wildman–Crippen MR) is 55.6 cm³/mol. The lowest BCUT2D eigenvalue weighted by Gasteiger charge is -2.11. The van der Waals surface area contributed by atoms with Gasteiger partial charge in [0.15, 0.2) is 0 Å². The summed E-state index contributed by atoms with van der Waals surface area (Å²) in [6, 6.07) is 5.59. The van der Waals surface area contributed by atoms with Gasteiger partial charge in [0.2, 0.25) is 5.91 Å². The summed E-state index contributed by atoms with van der Waals surface area (Å²) in [7, 11) is 0. The molecule has 0 aliphatic rings. The molecule has 1 atom stereocenters. The first-order chi connectivity index (χ1) is 6.74. The van der Waals surface area contributed by atoms with E-state index in [9.17, 15) is 4.79 Å². The monoisotopic (exact) mass is 190 g/mol. The number of allylic oxidation sites excluding steroid dienone is 1. The summed E-state index contributed by atoms with van der Waals surface area (Å²) >= 11 is 0. The Kier molecular flexibility index (Phi) is 3.85. The molecule has 0 aliphatic heterocycles. The smallest absolute Gasteiger partial charge is 0.244 e. The topological polar surface area (TPSA) is 42.0 Å². The molecule has 3 nitrogen and oxygen atoms in total. The van der Waals surface area contributed by atoms with Crippen LogP contribution in [0.1, 0.15) is 25.6 Å². The zero-order valence-electron chi connectivity index (χ0n) is 8.40. The van der Waals surface area contributed by atoms with Crippen molar-refractivity contribution in [3.8, 4) is 0 Å². The summed E-state index contributed by atoms with van der Waals surface area (Å²) in [4.78, 5) is 15.4. The number of carbonyl (C=O) groups is 1. The standard InChI is InChI=1S/C11H14N2O/c1-3-6-11(14)13-9(2)10-7-4-5-8-12-10/h3-9H,1-2H3,(H,13,14)/b6-3+/t9-/m0/s1. The molecule has 1 aromatic heterocycles. The Morgan fingerprint density at radius 2 is 2.36 bits per heavy atom. The number of amides is 1. The zero-order chi connectivity index (χ0) is 10.4. The highest BCUT2D eigenvalue weighted by Crippen LogP contribution is 2.07. The minimum atomic E-state index is -0.0920. The third kappa shape index (κ3) is 3.01. The Hall–Kier alpha value is -1.64. The van der Waals surface area contributed by atoms with Crippen molar-refractivity contribution in [2.75, 3.05) is 0 Å². The minimum Gasteiger partial charge on any atom is -0.344 e. The molecule has 0 saturated carbocycles. The van der Waals surface area contributed by atoms with E-state index < -0.39 is 0 Å². The summed E-state index contributed by atoms with van der Waals surface area (Å²) in [5, 5.41) is 2.81. The molecule has 0 saturated heterocycles. The van der Waals surface area contributed by atoms with Crippen LogP contribution >= 0.6 is 0 Å². The summed E-state index contributed by atoms with van der Waals surface area (Å²) in [6.07, 6.45) is 4.92. The maximum Gasteiger partial charge on any atom is 0.244 e. The Balaban J connectivity index is 2.59. The molecule has 14 heavy (non-hydrogen) atoms. The number of nitrogens with zero attached hydrogens (tertiary/aromatic N) is 1. The Bertz CT molecular complexity index is 319. The molecule has 1 aromatic rings. The summed E-state index contributed by atoms with van der Waals surface area (Å²) in [5.41, 5.74) is 0.866. The van der Waals surface area contributed by atoms with Crippen LogP contribution in [-0.4, -0.2) is 10.9 Å². The van der Waals surface area contributed by atoms with Crippen LogP contribution in [0.3, 0.4) is 0 Å². The van der Waals surface area contributed by atoms with Crippen LogP contribution in [0.2, 0.25) is 0 Å². The van der Waals surface area contributed by atoms with Crippen LogP contribution in [0.4, 0.5) is 0 Å². The van der Waals surface area contributed by atoms with E-state index in [0.717, 1.165) is 5.69 Å². The minimum absolute atomic E-state index is 0.0556. The largest absolute Gasteiger partial charge is 0.344 e. The van der Waals surface area contributed by atoms with E-state index in [1.165, 1.54) is 6.08 Å². The van der Waals surface area contributed by atoms with Gasteiger partial charge in [-0.15, -0.1) is 0 Å². The van der Waals surface area contributed by atoms with Crippen molar-refractivity contribution < 1.29 is 4.79 Å². The van der Waals surface area contributed by atoms with Gasteiger partial charge < -0.3 is 5.32 Å². The number of hydrogen-bond acceptors (Lipinski definition) is 2. The molecule has 0 bridgehead atoms. The van der Waals surface area contributed by atoms with Gasteiger partial charge in [-0.3, -0.25) is 9.78 Å². The number of carbonyl (C=O) groups excluding carboxylic acids is 1. The highest BCUT2D eigenvalue weighted by Gasteiger charge is 2.06. The van der Waals surface area contributed by atoms with Crippen LogP contribution in [-0.2, 0) is 4.79 Å². The normalized spacial score (nSPS) is 12.7. The van der Waals surface area contributed by atoms with Gasteiger partial charge in [-0.25, -0.2) is 0 Å². The molecule has 0 aromatic carbocycles. The van der Waals surface area contributed by atoms with Gasteiger partial charge in [-0.05, 0) is 32.1 Å². The highest BCUT2D eigenvalue weighted by atomic mass is 16.1. The molecule has 0 radical (unpaired) electrons. The van der Waals surface area contributed by atoms with Crippen molar-refractivity contribution in [2.24, 2.45) is 0 Å². The van der Waals surface area contributed by atoms with E-state index in [4.69, 9.17) is 0 Å². The Labute approximate surface area is 83.9 Å². The first-order valence-electron chi connectivity index (χ1n) is 4.58. The van der Waals surface area contributed by atoms with Crippen molar-refractivity contribution in [3.63, 3.8) is 0 Å². The Morgan fingerprint density at radius 3 is 2.93 bits per heavy atom. The van der Waals surface area contributed by atoms with E-state index in [-0.39, 0.29) is 11.9 Å². The van der Waals surface area contributed by atoms with Crippen molar-refractivity contribution in [1.29, 1.82) is 0 Å². The SMILES string of the molecule is C/C=C/C(=O)N[C@@H](C)c1ccccn1. The fourth-order valence-electron chi connectivity index (χ4n) is 1.12. The molecule has 0 fully saturated rings. The van der Waals surface area contributed by atoms with Crippen LogP contribution in [0, 0.1) is 0 Å². The first kappa shape index (κ1) is 10.4. The van der Waals surface area contributed by atoms with Crippen molar-refractivity contribution in [2.45, 2.75) is 19.9 Å². The molecule has 1 amide bonds. The number of pyridine rings is 1. The second-order valence-corrected chi connectivity index (χ2v) is 2.98. The highest BCUT2D eigenvalue weighted by molar-refractivity contribution is 5.87. The van der Waals surface area contributed by atoms with E-state index in [2.05, 4.69) is 10.3 Å². The number of hydrogen-bond donors (Lipinski definition) is 1. The molecule has 0 spiro atoms. The summed E-state index contributed by atoms with van der Waals surface area (Å²) < 4.78 is 0. The second kappa shape index (κ2) is 5.17. The van der Waals surface area contributed by atoms with E-state index in [0.29, 0.717) is 0 Å². The quantitative estimate of drug-likeness (QED) is 0.739. The molecule has 74 valence electrons. The predicted octanol–water partition coefficient (Wildman–Crippen LogP) is 1.83. The average Bonchev–Trinajstić information content (AvgIpc) is 2.19. The van der Waals surface area contributed by atoms with Gasteiger partial charge in [0.25, 0.3) is 0 Å². The molecule has 1 heterocycles. The lowest BCUT2D eigenvalue weighted by atomic mass is 10.2. The van der Waals surface area contributed by atoms with Gasteiger partial charge in [-0.2, -0.15) is 0 Å². The number of aromatic nitrogens is 1. The molecule has 1 rings (SSSR count). The number of nitrogens with one attached hydrogen (secondary N) is 1. The van der Waals surface area contributed by atoms with Crippen LogP contribution in [0.5, 0.6) is 0 Å². The van der Waals surface area contributed by atoms with Crippen molar-refractivity contribution in [1.82, 2.24) is 10.3 Å². The van der Waals surface area contributed by atoms with E-state index >= 15 is 0 Å². The lowest BCUT2D eigenvalue weighted by Crippen LogP contribution is -2.25. The van der Waals surface area contributed by atoms with Crippen LogP contribution < -0.4 is 5.32 Å². The third-order valence-electron chi connectivity index (χ3n) is 1.81. The van der Waals surface area contributed by atoms with Crippen LogP contribution in [0.25, 0.3) is 0 Å². The molecular formula is C11H14N2O. The average molecular weight is 190 g/mol. The van der Waals surface area contributed by atoms with Crippen LogP contribution in [0.15, 0.2) is 36.5 Å². The van der Waals surface area contributed by atoms with Crippen molar-refractivity contribution >= 4 is 5.91 Å². The third-order valence-corrected chi connectivity index (χ3v) is 1.81. The molecule has 1 N–H and O–H groups in total. The Morgan fingerprint density at radius 1 is 1.57 bits per heavy atom. The van der Waals surface area contributed by atoms with Gasteiger partial charge in [0.05, 0.1) is 11.7 Å². The molecular weight excluding hydrogens is 176 g/mol.